The van der Waals surface area contributed by atoms with Gasteiger partial charge in [-0.3, -0.25) is 4.79 Å². The zero-order chi connectivity index (χ0) is 17.5. The molecule has 25 heavy (non-hydrogen) atoms. The molecule has 7 nitrogen and oxygen atoms in total. The van der Waals surface area contributed by atoms with E-state index in [1.165, 1.54) is 0 Å². The standard InChI is InChI=1S/C17H18N6OS/c1-12-21-15(19-8-7-18-11-24)9-16(22-12)23-17-20-10-14(25-17)13-5-3-2-4-6-13/h2-6,9-11H,7-8H2,1H3,(H,18,24)(H2,19,20,21,22,23). The molecule has 3 aromatic rings. The first-order valence-corrected chi connectivity index (χ1v) is 8.61. The third kappa shape index (κ3) is 4.74. The molecule has 0 bridgehead atoms. The molecule has 0 unspecified atom stereocenters. The number of nitrogens with zero attached hydrogens (tertiary/aromatic N) is 3. The molecule has 0 fully saturated rings. The number of aryl methyl sites for hydroxylation is 1. The topological polar surface area (TPSA) is 91.8 Å². The van der Waals surface area contributed by atoms with Crippen molar-refractivity contribution in [2.24, 2.45) is 0 Å². The lowest BCUT2D eigenvalue weighted by Gasteiger charge is -2.08. The van der Waals surface area contributed by atoms with E-state index >= 15 is 0 Å². The number of anilines is 3. The van der Waals surface area contributed by atoms with Crippen molar-refractivity contribution in [1.82, 2.24) is 20.3 Å². The smallest absolute Gasteiger partial charge is 0.207 e. The quantitative estimate of drug-likeness (QED) is 0.426. The highest BCUT2D eigenvalue weighted by Crippen LogP contribution is 2.30. The molecule has 1 amide bonds. The van der Waals surface area contributed by atoms with E-state index in [9.17, 15) is 4.79 Å². The van der Waals surface area contributed by atoms with Crippen LogP contribution in [-0.4, -0.2) is 34.5 Å². The van der Waals surface area contributed by atoms with E-state index in [2.05, 4.69) is 43.0 Å². The first kappa shape index (κ1) is 16.8. The van der Waals surface area contributed by atoms with Gasteiger partial charge in [-0.25, -0.2) is 15.0 Å². The van der Waals surface area contributed by atoms with Crippen molar-refractivity contribution in [2.75, 3.05) is 23.7 Å². The van der Waals surface area contributed by atoms with Gasteiger partial charge in [0.05, 0.1) is 4.88 Å². The highest BCUT2D eigenvalue weighted by atomic mass is 32.1. The fraction of sp³-hybridized carbons (Fsp3) is 0.176. The van der Waals surface area contributed by atoms with E-state index < -0.39 is 0 Å². The molecule has 3 N–H and O–H groups in total. The molecule has 8 heteroatoms. The second kappa shape index (κ2) is 8.20. The molecule has 0 aliphatic heterocycles. The summed E-state index contributed by atoms with van der Waals surface area (Å²) in [4.78, 5) is 24.5. The molecule has 2 aromatic heterocycles. The number of nitrogens with one attached hydrogen (secondary N) is 3. The van der Waals surface area contributed by atoms with E-state index in [-0.39, 0.29) is 0 Å². The van der Waals surface area contributed by atoms with Gasteiger partial charge in [0, 0.05) is 25.4 Å². The Labute approximate surface area is 149 Å². The molecule has 0 saturated heterocycles. The summed E-state index contributed by atoms with van der Waals surface area (Å²) in [6, 6.07) is 11.9. The second-order valence-electron chi connectivity index (χ2n) is 5.21. The predicted octanol–water partition coefficient (Wildman–Crippen LogP) is 2.81. The number of carbonyl (C=O) groups is 1. The monoisotopic (exact) mass is 354 g/mol. The average molecular weight is 354 g/mol. The number of rotatable bonds is 8. The summed E-state index contributed by atoms with van der Waals surface area (Å²) in [6.07, 6.45) is 2.52. The van der Waals surface area contributed by atoms with Crippen LogP contribution in [0.3, 0.4) is 0 Å². The SMILES string of the molecule is Cc1nc(NCCNC=O)cc(Nc2ncc(-c3ccccc3)s2)n1. The third-order valence-corrected chi connectivity index (χ3v) is 4.26. The Hall–Kier alpha value is -3.00. The lowest BCUT2D eigenvalue weighted by molar-refractivity contribution is -0.109. The molecule has 1 aromatic carbocycles. The van der Waals surface area contributed by atoms with Gasteiger partial charge in [-0.15, -0.1) is 0 Å². The number of hydrogen-bond acceptors (Lipinski definition) is 7. The van der Waals surface area contributed by atoms with Crippen molar-refractivity contribution in [3.05, 3.63) is 48.4 Å². The average Bonchev–Trinajstić information content (AvgIpc) is 3.07. The van der Waals surface area contributed by atoms with Crippen LogP contribution in [0, 0.1) is 6.92 Å². The zero-order valence-corrected chi connectivity index (χ0v) is 14.5. The predicted molar refractivity (Wildman–Crippen MR) is 100 cm³/mol. The maximum Gasteiger partial charge on any atom is 0.207 e. The van der Waals surface area contributed by atoms with Crippen molar-refractivity contribution < 1.29 is 4.79 Å². The molecule has 128 valence electrons. The largest absolute Gasteiger partial charge is 0.368 e. The van der Waals surface area contributed by atoms with Crippen LogP contribution in [0.2, 0.25) is 0 Å². The Kier molecular flexibility index (Phi) is 5.53. The normalized spacial score (nSPS) is 10.3. The summed E-state index contributed by atoms with van der Waals surface area (Å²) < 4.78 is 0. The summed E-state index contributed by atoms with van der Waals surface area (Å²) in [6.45, 7) is 2.95. The van der Waals surface area contributed by atoms with Crippen molar-refractivity contribution in [3.63, 3.8) is 0 Å². The highest BCUT2D eigenvalue weighted by molar-refractivity contribution is 7.18. The minimum atomic E-state index is 0.530. The van der Waals surface area contributed by atoms with Gasteiger partial charge in [-0.1, -0.05) is 41.7 Å². The number of amides is 1. The number of aromatic nitrogens is 3. The Balaban J connectivity index is 1.69. The van der Waals surface area contributed by atoms with Gasteiger partial charge >= 0.3 is 0 Å². The summed E-state index contributed by atoms with van der Waals surface area (Å²) in [5.41, 5.74) is 1.14. The molecular weight excluding hydrogens is 336 g/mol. The lowest BCUT2D eigenvalue weighted by atomic mass is 10.2. The van der Waals surface area contributed by atoms with Crippen LogP contribution in [0.4, 0.5) is 16.8 Å². The maximum absolute atomic E-state index is 10.3. The Morgan fingerprint density at radius 1 is 1.12 bits per heavy atom. The summed E-state index contributed by atoms with van der Waals surface area (Å²) >= 11 is 1.57. The number of carbonyl (C=O) groups excluding carboxylic acids is 1. The maximum atomic E-state index is 10.3. The number of hydrogen-bond donors (Lipinski definition) is 3. The second-order valence-corrected chi connectivity index (χ2v) is 6.24. The number of thiazole rings is 1. The first-order chi connectivity index (χ1) is 12.2. The Morgan fingerprint density at radius 2 is 1.92 bits per heavy atom. The van der Waals surface area contributed by atoms with Gasteiger partial charge in [0.15, 0.2) is 5.13 Å². The van der Waals surface area contributed by atoms with Crippen molar-refractivity contribution in [2.45, 2.75) is 6.92 Å². The lowest BCUT2D eigenvalue weighted by Crippen LogP contribution is -2.21. The van der Waals surface area contributed by atoms with E-state index in [0.29, 0.717) is 37.0 Å². The van der Waals surface area contributed by atoms with Crippen molar-refractivity contribution >= 4 is 34.5 Å². The molecule has 0 aliphatic rings. The zero-order valence-electron chi connectivity index (χ0n) is 13.7. The summed E-state index contributed by atoms with van der Waals surface area (Å²) in [5.74, 6) is 2.02. The van der Waals surface area contributed by atoms with Gasteiger partial charge in [-0.05, 0) is 12.5 Å². The van der Waals surface area contributed by atoms with Gasteiger partial charge < -0.3 is 16.0 Å². The molecule has 0 saturated carbocycles. The van der Waals surface area contributed by atoms with E-state index in [4.69, 9.17) is 0 Å². The minimum Gasteiger partial charge on any atom is -0.368 e. The Bertz CT molecular complexity index is 836. The van der Waals surface area contributed by atoms with Crippen LogP contribution in [0.15, 0.2) is 42.6 Å². The van der Waals surface area contributed by atoms with Crippen LogP contribution in [0.5, 0.6) is 0 Å². The molecule has 0 aliphatic carbocycles. The molecule has 3 rings (SSSR count). The Morgan fingerprint density at radius 3 is 2.72 bits per heavy atom. The number of benzene rings is 1. The van der Waals surface area contributed by atoms with Crippen LogP contribution >= 0.6 is 11.3 Å². The third-order valence-electron chi connectivity index (χ3n) is 3.30. The van der Waals surface area contributed by atoms with Crippen molar-refractivity contribution in [1.29, 1.82) is 0 Å². The molecule has 0 radical (unpaired) electrons. The summed E-state index contributed by atoms with van der Waals surface area (Å²) in [5, 5.41) is 9.73. The van der Waals surface area contributed by atoms with E-state index in [1.807, 2.05) is 37.4 Å². The fourth-order valence-corrected chi connectivity index (χ4v) is 3.05. The van der Waals surface area contributed by atoms with E-state index in [1.54, 1.807) is 11.3 Å². The van der Waals surface area contributed by atoms with E-state index in [0.717, 1.165) is 15.6 Å². The van der Waals surface area contributed by atoms with Gasteiger partial charge in [0.25, 0.3) is 0 Å². The van der Waals surface area contributed by atoms with Crippen LogP contribution in [0.1, 0.15) is 5.82 Å². The minimum absolute atomic E-state index is 0.530. The highest BCUT2D eigenvalue weighted by Gasteiger charge is 2.07. The van der Waals surface area contributed by atoms with Crippen molar-refractivity contribution in [3.8, 4) is 10.4 Å². The van der Waals surface area contributed by atoms with Gasteiger partial charge in [-0.2, -0.15) is 0 Å². The van der Waals surface area contributed by atoms with Gasteiger partial charge in [0.2, 0.25) is 6.41 Å². The molecular formula is C17H18N6OS. The van der Waals surface area contributed by atoms with Crippen LogP contribution in [0.25, 0.3) is 10.4 Å². The molecule has 2 heterocycles. The van der Waals surface area contributed by atoms with Crippen LogP contribution in [-0.2, 0) is 4.79 Å². The first-order valence-electron chi connectivity index (χ1n) is 7.79. The van der Waals surface area contributed by atoms with Crippen LogP contribution < -0.4 is 16.0 Å². The molecule has 0 spiro atoms. The van der Waals surface area contributed by atoms with Gasteiger partial charge in [0.1, 0.15) is 17.5 Å². The fourth-order valence-electron chi connectivity index (χ4n) is 2.22. The molecule has 0 atom stereocenters. The summed E-state index contributed by atoms with van der Waals surface area (Å²) in [7, 11) is 0.